The normalized spacial score (nSPS) is 29.2. The van der Waals surface area contributed by atoms with Crippen LogP contribution in [0.2, 0.25) is 0 Å². The van der Waals surface area contributed by atoms with Crippen LogP contribution in [0.15, 0.2) is 0 Å². The molecule has 0 aromatic carbocycles. The first-order valence-corrected chi connectivity index (χ1v) is 6.93. The largest absolute Gasteiger partial charge is 0.480 e. The number of nitrogens with zero attached hydrogens (tertiary/aromatic N) is 1. The number of hydrogen-bond acceptors (Lipinski definition) is 3. The Morgan fingerprint density at radius 3 is 2.32 bits per heavy atom. The van der Waals surface area contributed by atoms with Gasteiger partial charge in [-0.05, 0) is 32.1 Å². The average molecular weight is 270 g/mol. The van der Waals surface area contributed by atoms with Gasteiger partial charge < -0.3 is 20.4 Å². The highest BCUT2D eigenvalue weighted by molar-refractivity contribution is 5.87. The van der Waals surface area contributed by atoms with Crippen LogP contribution in [0.25, 0.3) is 0 Å². The molecule has 2 aliphatic rings. The van der Waals surface area contributed by atoms with Crippen molar-refractivity contribution < 1.29 is 19.8 Å². The van der Waals surface area contributed by atoms with Gasteiger partial charge in [0.15, 0.2) is 0 Å². The molecule has 0 bridgehead atoms. The summed E-state index contributed by atoms with van der Waals surface area (Å²) >= 11 is 0. The maximum absolute atomic E-state index is 12.1. The quantitative estimate of drug-likeness (QED) is 0.712. The van der Waals surface area contributed by atoms with Crippen LogP contribution in [-0.2, 0) is 4.79 Å². The van der Waals surface area contributed by atoms with Crippen LogP contribution in [-0.4, -0.2) is 51.8 Å². The predicted molar refractivity (Wildman–Crippen MR) is 68.8 cm³/mol. The number of aliphatic hydroxyl groups is 1. The third-order valence-electron chi connectivity index (χ3n) is 4.47. The van der Waals surface area contributed by atoms with E-state index in [-0.39, 0.29) is 6.04 Å². The smallest absolute Gasteiger partial charge is 0.329 e. The summed E-state index contributed by atoms with van der Waals surface area (Å²) in [5, 5.41) is 21.7. The second-order valence-corrected chi connectivity index (χ2v) is 5.70. The minimum atomic E-state index is -1.09. The fourth-order valence-corrected chi connectivity index (χ4v) is 2.91. The van der Waals surface area contributed by atoms with E-state index in [4.69, 9.17) is 0 Å². The zero-order chi connectivity index (χ0) is 14.0. The average Bonchev–Trinajstić information content (AvgIpc) is 2.32. The number of aliphatic hydroxyl groups excluding tert-OH is 1. The summed E-state index contributed by atoms with van der Waals surface area (Å²) < 4.78 is 0. The van der Waals surface area contributed by atoms with Gasteiger partial charge in [-0.2, -0.15) is 0 Å². The van der Waals surface area contributed by atoms with E-state index in [0.717, 1.165) is 25.7 Å². The topological polar surface area (TPSA) is 89.9 Å². The zero-order valence-electron chi connectivity index (χ0n) is 11.3. The van der Waals surface area contributed by atoms with Crippen LogP contribution in [0.3, 0.4) is 0 Å². The molecule has 0 saturated heterocycles. The van der Waals surface area contributed by atoms with Gasteiger partial charge >= 0.3 is 12.0 Å². The van der Waals surface area contributed by atoms with Crippen LogP contribution >= 0.6 is 0 Å². The molecule has 6 nitrogen and oxygen atoms in total. The lowest BCUT2D eigenvalue weighted by Crippen LogP contribution is -2.63. The van der Waals surface area contributed by atoms with Crippen molar-refractivity contribution in [3.05, 3.63) is 0 Å². The van der Waals surface area contributed by atoms with Crippen LogP contribution in [0.1, 0.15) is 44.9 Å². The number of carboxylic acid groups (broad SMARTS) is 1. The van der Waals surface area contributed by atoms with E-state index in [9.17, 15) is 19.8 Å². The first-order chi connectivity index (χ1) is 8.96. The van der Waals surface area contributed by atoms with E-state index in [1.807, 2.05) is 0 Å². The Morgan fingerprint density at radius 2 is 1.84 bits per heavy atom. The molecule has 0 spiro atoms. The Hall–Kier alpha value is -1.30. The van der Waals surface area contributed by atoms with Gasteiger partial charge in [0.2, 0.25) is 0 Å². The molecule has 2 rings (SSSR count). The maximum Gasteiger partial charge on any atom is 0.329 e. The second-order valence-electron chi connectivity index (χ2n) is 5.70. The molecule has 0 aromatic rings. The number of carboxylic acids is 1. The zero-order valence-corrected chi connectivity index (χ0v) is 11.3. The molecule has 6 heteroatoms. The van der Waals surface area contributed by atoms with Gasteiger partial charge in [0.1, 0.15) is 5.54 Å². The number of urea groups is 1. The summed E-state index contributed by atoms with van der Waals surface area (Å²) in [5.74, 6) is -0.968. The summed E-state index contributed by atoms with van der Waals surface area (Å²) in [6.07, 6.45) is 4.71. The minimum absolute atomic E-state index is 0.209. The van der Waals surface area contributed by atoms with Gasteiger partial charge in [-0.15, -0.1) is 0 Å². The van der Waals surface area contributed by atoms with E-state index in [0.29, 0.717) is 19.3 Å². The molecular formula is C13H22N2O4. The third kappa shape index (κ3) is 2.68. The molecule has 2 amide bonds. The molecule has 2 atom stereocenters. The van der Waals surface area contributed by atoms with E-state index in [1.54, 1.807) is 7.05 Å². The van der Waals surface area contributed by atoms with Gasteiger partial charge in [-0.25, -0.2) is 9.59 Å². The summed E-state index contributed by atoms with van der Waals surface area (Å²) in [7, 11) is 1.63. The number of likely N-dealkylation sites (N-methyl/N-ethyl adjacent to an activating group) is 1. The number of amides is 2. The summed E-state index contributed by atoms with van der Waals surface area (Å²) in [6.45, 7) is 0. The summed E-state index contributed by atoms with van der Waals surface area (Å²) in [6, 6.07) is -0.604. The highest BCUT2D eigenvalue weighted by Crippen LogP contribution is 2.32. The lowest BCUT2D eigenvalue weighted by molar-refractivity contribution is -0.148. The van der Waals surface area contributed by atoms with Crippen molar-refractivity contribution in [3.8, 4) is 0 Å². The minimum Gasteiger partial charge on any atom is -0.480 e. The molecule has 108 valence electrons. The monoisotopic (exact) mass is 270 g/mol. The fourth-order valence-electron chi connectivity index (χ4n) is 2.91. The molecule has 2 fully saturated rings. The van der Waals surface area contributed by atoms with Crippen LogP contribution in [0.4, 0.5) is 4.79 Å². The van der Waals surface area contributed by atoms with Gasteiger partial charge in [-0.3, -0.25) is 0 Å². The highest BCUT2D eigenvalue weighted by atomic mass is 16.4. The molecule has 3 N–H and O–H groups in total. The molecule has 2 aliphatic carbocycles. The summed E-state index contributed by atoms with van der Waals surface area (Å²) in [4.78, 5) is 24.8. The molecule has 19 heavy (non-hydrogen) atoms. The number of carbonyl (C=O) groups excluding carboxylic acids is 1. The molecule has 0 aromatic heterocycles. The Balaban J connectivity index is 1.97. The number of carbonyl (C=O) groups is 2. The fraction of sp³-hybridized carbons (Fsp3) is 0.846. The molecule has 0 radical (unpaired) electrons. The molecule has 2 saturated carbocycles. The Bertz CT molecular complexity index is 368. The van der Waals surface area contributed by atoms with Crippen molar-refractivity contribution in [2.75, 3.05) is 7.05 Å². The van der Waals surface area contributed by atoms with Crippen molar-refractivity contribution in [2.24, 2.45) is 0 Å². The third-order valence-corrected chi connectivity index (χ3v) is 4.47. The van der Waals surface area contributed by atoms with Gasteiger partial charge in [0.25, 0.3) is 0 Å². The molecule has 2 unspecified atom stereocenters. The summed E-state index contributed by atoms with van der Waals surface area (Å²) in [5.41, 5.74) is -1.09. The lowest BCUT2D eigenvalue weighted by atomic mass is 9.77. The van der Waals surface area contributed by atoms with Gasteiger partial charge in [0, 0.05) is 7.05 Å². The maximum atomic E-state index is 12.1. The molecule has 0 aliphatic heterocycles. The van der Waals surface area contributed by atoms with E-state index in [2.05, 4.69) is 5.32 Å². The Kier molecular flexibility index (Phi) is 3.99. The molecular weight excluding hydrogens is 248 g/mol. The Labute approximate surface area is 112 Å². The van der Waals surface area contributed by atoms with Crippen LogP contribution in [0.5, 0.6) is 0 Å². The molecule has 0 heterocycles. The number of aliphatic carboxylic acids is 1. The predicted octanol–water partition coefficient (Wildman–Crippen LogP) is 0.939. The second kappa shape index (κ2) is 5.36. The lowest BCUT2D eigenvalue weighted by Gasteiger charge is -2.41. The first-order valence-electron chi connectivity index (χ1n) is 6.93. The van der Waals surface area contributed by atoms with E-state index < -0.39 is 23.6 Å². The van der Waals surface area contributed by atoms with Gasteiger partial charge in [0.05, 0.1) is 12.1 Å². The Morgan fingerprint density at radius 1 is 1.21 bits per heavy atom. The van der Waals surface area contributed by atoms with Crippen LogP contribution < -0.4 is 5.32 Å². The van der Waals surface area contributed by atoms with E-state index in [1.165, 1.54) is 4.90 Å². The SMILES string of the molecule is CN(C(=O)NC1(C(=O)O)CCC1)C1CCCCC1O. The van der Waals surface area contributed by atoms with Gasteiger partial charge in [-0.1, -0.05) is 12.8 Å². The number of nitrogens with one attached hydrogen (secondary N) is 1. The number of rotatable bonds is 3. The highest BCUT2D eigenvalue weighted by Gasteiger charge is 2.46. The van der Waals surface area contributed by atoms with Crippen molar-refractivity contribution >= 4 is 12.0 Å². The van der Waals surface area contributed by atoms with Crippen molar-refractivity contribution in [1.29, 1.82) is 0 Å². The van der Waals surface area contributed by atoms with Crippen molar-refractivity contribution in [2.45, 2.75) is 62.6 Å². The van der Waals surface area contributed by atoms with Crippen molar-refractivity contribution in [1.82, 2.24) is 10.2 Å². The number of hydrogen-bond donors (Lipinski definition) is 3. The standard InChI is InChI=1S/C13H22N2O4/c1-15(9-5-2-3-6-10(9)16)12(19)14-13(11(17)18)7-4-8-13/h9-10,16H,2-8H2,1H3,(H,14,19)(H,17,18). The van der Waals surface area contributed by atoms with E-state index >= 15 is 0 Å². The van der Waals surface area contributed by atoms with Crippen molar-refractivity contribution in [3.63, 3.8) is 0 Å². The first kappa shape index (κ1) is 14.1. The van der Waals surface area contributed by atoms with Crippen LogP contribution in [0, 0.1) is 0 Å².